The lowest BCUT2D eigenvalue weighted by Gasteiger charge is -2.10. The minimum atomic E-state index is -0.265. The highest BCUT2D eigenvalue weighted by Crippen LogP contribution is 2.17. The van der Waals surface area contributed by atoms with Gasteiger partial charge in [-0.05, 0) is 68.3 Å². The quantitative estimate of drug-likeness (QED) is 0.665. The first-order valence-electron chi connectivity index (χ1n) is 8.97. The summed E-state index contributed by atoms with van der Waals surface area (Å²) in [6.07, 6.45) is 0. The summed E-state index contributed by atoms with van der Waals surface area (Å²) in [5, 5.41) is 5.33. The van der Waals surface area contributed by atoms with Gasteiger partial charge in [-0.1, -0.05) is 6.07 Å². The third-order valence-electron chi connectivity index (χ3n) is 4.01. The number of ether oxygens (including phenoxy) is 2. The van der Waals surface area contributed by atoms with Gasteiger partial charge in [-0.2, -0.15) is 0 Å². The van der Waals surface area contributed by atoms with Crippen LogP contribution in [0.25, 0.3) is 0 Å². The molecule has 0 unspecified atom stereocenters. The molecule has 2 amide bonds. The van der Waals surface area contributed by atoms with E-state index in [9.17, 15) is 9.59 Å². The number of benzene rings is 2. The third-order valence-corrected chi connectivity index (χ3v) is 4.01. The molecule has 0 aliphatic carbocycles. The van der Waals surface area contributed by atoms with Crippen molar-refractivity contribution < 1.29 is 19.1 Å². The second-order valence-electron chi connectivity index (χ2n) is 6.08. The van der Waals surface area contributed by atoms with Crippen molar-refractivity contribution in [2.75, 3.05) is 26.3 Å². The SMILES string of the molecule is CCOc1ccc(OCCNC(=O)CNC(=O)c2ccc(C)c(C)c2)cc1. The zero-order valence-electron chi connectivity index (χ0n) is 16.0. The van der Waals surface area contributed by atoms with E-state index in [1.54, 1.807) is 6.07 Å². The van der Waals surface area contributed by atoms with Gasteiger partial charge in [0.15, 0.2) is 0 Å². The molecule has 6 nitrogen and oxygen atoms in total. The van der Waals surface area contributed by atoms with Gasteiger partial charge in [0.05, 0.1) is 19.7 Å². The van der Waals surface area contributed by atoms with Crippen LogP contribution < -0.4 is 20.1 Å². The Morgan fingerprint density at radius 3 is 2.19 bits per heavy atom. The monoisotopic (exact) mass is 370 g/mol. The highest BCUT2D eigenvalue weighted by molar-refractivity contribution is 5.96. The van der Waals surface area contributed by atoms with Gasteiger partial charge >= 0.3 is 0 Å². The van der Waals surface area contributed by atoms with Crippen molar-refractivity contribution in [1.29, 1.82) is 0 Å². The predicted molar refractivity (Wildman–Crippen MR) is 104 cm³/mol. The number of rotatable bonds is 9. The molecule has 0 atom stereocenters. The second kappa shape index (κ2) is 10.2. The molecular formula is C21H26N2O4. The van der Waals surface area contributed by atoms with Crippen molar-refractivity contribution in [2.45, 2.75) is 20.8 Å². The van der Waals surface area contributed by atoms with E-state index in [1.165, 1.54) is 0 Å². The summed E-state index contributed by atoms with van der Waals surface area (Å²) in [7, 11) is 0. The fraction of sp³-hybridized carbons (Fsp3) is 0.333. The number of amides is 2. The van der Waals surface area contributed by atoms with E-state index in [1.807, 2.05) is 57.2 Å². The van der Waals surface area contributed by atoms with E-state index in [2.05, 4.69) is 10.6 Å². The van der Waals surface area contributed by atoms with Gasteiger partial charge in [0.25, 0.3) is 5.91 Å². The Bertz CT molecular complexity index is 772. The fourth-order valence-electron chi connectivity index (χ4n) is 2.37. The smallest absolute Gasteiger partial charge is 0.251 e. The van der Waals surface area contributed by atoms with Gasteiger partial charge in [0.2, 0.25) is 5.91 Å². The second-order valence-corrected chi connectivity index (χ2v) is 6.08. The molecule has 0 saturated heterocycles. The first kappa shape index (κ1) is 20.3. The van der Waals surface area contributed by atoms with Gasteiger partial charge < -0.3 is 20.1 Å². The maximum atomic E-state index is 12.1. The average molecular weight is 370 g/mol. The molecule has 0 aliphatic rings. The van der Waals surface area contributed by atoms with Crippen LogP contribution in [-0.4, -0.2) is 38.1 Å². The first-order valence-corrected chi connectivity index (χ1v) is 8.97. The summed E-state index contributed by atoms with van der Waals surface area (Å²) < 4.78 is 10.9. The van der Waals surface area contributed by atoms with Crippen molar-refractivity contribution in [3.05, 3.63) is 59.2 Å². The minimum Gasteiger partial charge on any atom is -0.494 e. The van der Waals surface area contributed by atoms with Crippen molar-refractivity contribution in [2.24, 2.45) is 0 Å². The topological polar surface area (TPSA) is 76.7 Å². The predicted octanol–water partition coefficient (Wildman–Crippen LogP) is 2.63. The van der Waals surface area contributed by atoms with Crippen molar-refractivity contribution in [1.82, 2.24) is 10.6 Å². The lowest BCUT2D eigenvalue weighted by atomic mass is 10.1. The number of hydrogen-bond acceptors (Lipinski definition) is 4. The van der Waals surface area contributed by atoms with Crippen LogP contribution in [0.4, 0.5) is 0 Å². The normalized spacial score (nSPS) is 10.2. The lowest BCUT2D eigenvalue weighted by molar-refractivity contribution is -0.120. The molecule has 2 aromatic rings. The van der Waals surface area contributed by atoms with Crippen LogP contribution in [0.3, 0.4) is 0 Å². The maximum absolute atomic E-state index is 12.1. The Labute approximate surface area is 159 Å². The molecule has 6 heteroatoms. The van der Waals surface area contributed by atoms with Crippen LogP contribution in [0, 0.1) is 13.8 Å². The van der Waals surface area contributed by atoms with Gasteiger partial charge in [0.1, 0.15) is 18.1 Å². The summed E-state index contributed by atoms with van der Waals surface area (Å²) in [4.78, 5) is 23.9. The van der Waals surface area contributed by atoms with Gasteiger partial charge in [-0.25, -0.2) is 0 Å². The van der Waals surface area contributed by atoms with E-state index in [0.29, 0.717) is 31.1 Å². The number of carbonyl (C=O) groups excluding carboxylic acids is 2. The minimum absolute atomic E-state index is 0.0746. The summed E-state index contributed by atoms with van der Waals surface area (Å²) in [5.41, 5.74) is 2.71. The van der Waals surface area contributed by atoms with E-state index in [-0.39, 0.29) is 18.4 Å². The zero-order valence-corrected chi connectivity index (χ0v) is 16.0. The first-order chi connectivity index (χ1) is 13.0. The molecule has 144 valence electrons. The molecular weight excluding hydrogens is 344 g/mol. The molecule has 0 fully saturated rings. The molecule has 0 spiro atoms. The standard InChI is InChI=1S/C21H26N2O4/c1-4-26-18-7-9-19(10-8-18)27-12-11-22-20(24)14-23-21(25)17-6-5-15(2)16(3)13-17/h5-10,13H,4,11-12,14H2,1-3H3,(H,22,24)(H,23,25). The molecule has 0 saturated carbocycles. The number of aryl methyl sites for hydroxylation is 2. The molecule has 27 heavy (non-hydrogen) atoms. The highest BCUT2D eigenvalue weighted by atomic mass is 16.5. The average Bonchev–Trinajstić information content (AvgIpc) is 2.67. The fourth-order valence-corrected chi connectivity index (χ4v) is 2.37. The maximum Gasteiger partial charge on any atom is 0.251 e. The highest BCUT2D eigenvalue weighted by Gasteiger charge is 2.08. The summed E-state index contributed by atoms with van der Waals surface area (Å²) in [5.74, 6) is 0.967. The van der Waals surface area contributed by atoms with Crippen LogP contribution in [0.1, 0.15) is 28.4 Å². The molecule has 0 radical (unpaired) electrons. The van der Waals surface area contributed by atoms with Crippen molar-refractivity contribution >= 4 is 11.8 Å². The number of carbonyl (C=O) groups is 2. The third kappa shape index (κ3) is 6.66. The van der Waals surface area contributed by atoms with E-state index >= 15 is 0 Å². The Morgan fingerprint density at radius 1 is 0.889 bits per heavy atom. The number of hydrogen-bond donors (Lipinski definition) is 2. The van der Waals surface area contributed by atoms with Crippen LogP contribution >= 0.6 is 0 Å². The molecule has 0 heterocycles. The zero-order chi connectivity index (χ0) is 19.6. The molecule has 0 aromatic heterocycles. The Kier molecular flexibility index (Phi) is 7.67. The summed E-state index contributed by atoms with van der Waals surface area (Å²) in [6, 6.07) is 12.8. The van der Waals surface area contributed by atoms with E-state index in [0.717, 1.165) is 16.9 Å². The van der Waals surface area contributed by atoms with Gasteiger partial charge in [0, 0.05) is 5.56 Å². The van der Waals surface area contributed by atoms with E-state index in [4.69, 9.17) is 9.47 Å². The van der Waals surface area contributed by atoms with Gasteiger partial charge in [-0.15, -0.1) is 0 Å². The van der Waals surface area contributed by atoms with Crippen LogP contribution in [0.5, 0.6) is 11.5 Å². The Morgan fingerprint density at radius 2 is 1.56 bits per heavy atom. The van der Waals surface area contributed by atoms with Crippen LogP contribution in [0.15, 0.2) is 42.5 Å². The molecule has 0 bridgehead atoms. The van der Waals surface area contributed by atoms with E-state index < -0.39 is 0 Å². The molecule has 2 N–H and O–H groups in total. The summed E-state index contributed by atoms with van der Waals surface area (Å²) in [6.45, 7) is 7.10. The van der Waals surface area contributed by atoms with Gasteiger partial charge in [-0.3, -0.25) is 9.59 Å². The van der Waals surface area contributed by atoms with Crippen LogP contribution in [-0.2, 0) is 4.79 Å². The lowest BCUT2D eigenvalue weighted by Crippen LogP contribution is -2.38. The van der Waals surface area contributed by atoms with Crippen molar-refractivity contribution in [3.63, 3.8) is 0 Å². The molecule has 2 aromatic carbocycles. The molecule has 0 aliphatic heterocycles. The Balaban J connectivity index is 1.65. The van der Waals surface area contributed by atoms with Crippen molar-refractivity contribution in [3.8, 4) is 11.5 Å². The largest absolute Gasteiger partial charge is 0.494 e. The molecule has 2 rings (SSSR count). The van der Waals surface area contributed by atoms with Crippen LogP contribution in [0.2, 0.25) is 0 Å². The number of nitrogens with one attached hydrogen (secondary N) is 2. The Hall–Kier alpha value is -3.02. The summed E-state index contributed by atoms with van der Waals surface area (Å²) >= 11 is 0.